The predicted octanol–water partition coefficient (Wildman–Crippen LogP) is 3.11. The number of hydrogen-bond donors (Lipinski definition) is 0. The van der Waals surface area contributed by atoms with Gasteiger partial charge in [-0.15, -0.1) is 0 Å². The van der Waals surface area contributed by atoms with E-state index in [1.165, 1.54) is 12.1 Å². The van der Waals surface area contributed by atoms with E-state index in [1.807, 2.05) is 25.1 Å². The third-order valence-electron chi connectivity index (χ3n) is 2.61. The van der Waals surface area contributed by atoms with E-state index in [9.17, 15) is 12.8 Å². The van der Waals surface area contributed by atoms with Crippen molar-refractivity contribution in [3.05, 3.63) is 65.5 Å². The molecule has 2 nitrogen and oxygen atoms in total. The van der Waals surface area contributed by atoms with Crippen LogP contribution in [-0.4, -0.2) is 8.42 Å². The summed E-state index contributed by atoms with van der Waals surface area (Å²) in [6.07, 6.45) is 0. The molecule has 0 saturated heterocycles. The lowest BCUT2D eigenvalue weighted by atomic mass is 10.2. The standard InChI is InChI=1S/C14H13FO2S/c1-11-3-2-4-12(9-11)10-18(16,17)14-7-5-13(15)6-8-14/h2-9H,10H2,1H3. The molecule has 0 atom stereocenters. The van der Waals surface area contributed by atoms with E-state index in [4.69, 9.17) is 0 Å². The minimum absolute atomic E-state index is 0.0691. The molecule has 0 amide bonds. The van der Waals surface area contributed by atoms with E-state index in [1.54, 1.807) is 6.07 Å². The molecule has 2 aromatic rings. The van der Waals surface area contributed by atoms with Crippen LogP contribution in [0.15, 0.2) is 53.4 Å². The van der Waals surface area contributed by atoms with Gasteiger partial charge in [0.05, 0.1) is 10.6 Å². The molecule has 0 aliphatic heterocycles. The van der Waals surface area contributed by atoms with Crippen LogP contribution in [-0.2, 0) is 15.6 Å². The fourth-order valence-corrected chi connectivity index (χ4v) is 3.08. The van der Waals surface area contributed by atoms with Crippen molar-refractivity contribution in [1.29, 1.82) is 0 Å². The molecule has 2 rings (SSSR count). The third kappa shape index (κ3) is 2.96. The number of hydrogen-bond acceptors (Lipinski definition) is 2. The van der Waals surface area contributed by atoms with E-state index < -0.39 is 15.7 Å². The molecule has 0 saturated carbocycles. The van der Waals surface area contributed by atoms with Crippen LogP contribution in [0.2, 0.25) is 0 Å². The van der Waals surface area contributed by atoms with Gasteiger partial charge < -0.3 is 0 Å². The maximum Gasteiger partial charge on any atom is 0.182 e. The van der Waals surface area contributed by atoms with Gasteiger partial charge in [-0.25, -0.2) is 12.8 Å². The van der Waals surface area contributed by atoms with E-state index in [0.717, 1.165) is 23.3 Å². The van der Waals surface area contributed by atoms with Gasteiger partial charge >= 0.3 is 0 Å². The molecule has 0 radical (unpaired) electrons. The van der Waals surface area contributed by atoms with Crippen LogP contribution in [0, 0.1) is 12.7 Å². The molecule has 0 aliphatic rings. The first-order chi connectivity index (χ1) is 8.47. The van der Waals surface area contributed by atoms with Gasteiger partial charge in [-0.3, -0.25) is 0 Å². The molecule has 0 fully saturated rings. The highest BCUT2D eigenvalue weighted by Gasteiger charge is 2.15. The second kappa shape index (κ2) is 4.90. The lowest BCUT2D eigenvalue weighted by Gasteiger charge is -2.05. The van der Waals surface area contributed by atoms with Gasteiger partial charge in [0, 0.05) is 0 Å². The van der Waals surface area contributed by atoms with Gasteiger partial charge in [-0.05, 0) is 36.8 Å². The summed E-state index contributed by atoms with van der Waals surface area (Å²) in [6.45, 7) is 1.91. The zero-order valence-corrected chi connectivity index (χ0v) is 10.7. The normalized spacial score (nSPS) is 11.4. The Kier molecular flexibility index (Phi) is 3.48. The topological polar surface area (TPSA) is 34.1 Å². The zero-order valence-electron chi connectivity index (χ0n) is 9.93. The highest BCUT2D eigenvalue weighted by atomic mass is 32.2. The van der Waals surface area contributed by atoms with Crippen molar-refractivity contribution in [3.8, 4) is 0 Å². The minimum Gasteiger partial charge on any atom is -0.223 e. The van der Waals surface area contributed by atoms with Crippen LogP contribution in [0.25, 0.3) is 0 Å². The summed E-state index contributed by atoms with van der Waals surface area (Å²) in [5, 5.41) is 0. The first-order valence-corrected chi connectivity index (χ1v) is 7.16. The molecular weight excluding hydrogens is 251 g/mol. The highest BCUT2D eigenvalue weighted by Crippen LogP contribution is 2.17. The summed E-state index contributed by atoms with van der Waals surface area (Å²) in [5.74, 6) is -0.509. The molecule has 0 heterocycles. The molecule has 0 bridgehead atoms. The Hall–Kier alpha value is -1.68. The fraction of sp³-hybridized carbons (Fsp3) is 0.143. The smallest absolute Gasteiger partial charge is 0.182 e. The van der Waals surface area contributed by atoms with Crippen molar-refractivity contribution in [2.45, 2.75) is 17.6 Å². The quantitative estimate of drug-likeness (QED) is 0.798. The van der Waals surface area contributed by atoms with Crippen molar-refractivity contribution in [2.24, 2.45) is 0 Å². The van der Waals surface area contributed by atoms with Crippen molar-refractivity contribution in [2.75, 3.05) is 0 Å². The van der Waals surface area contributed by atoms with Crippen LogP contribution in [0.4, 0.5) is 4.39 Å². The molecule has 0 N–H and O–H groups in total. The summed E-state index contributed by atoms with van der Waals surface area (Å²) in [7, 11) is -3.41. The van der Waals surface area contributed by atoms with Crippen molar-refractivity contribution in [3.63, 3.8) is 0 Å². The molecule has 0 unspecified atom stereocenters. The van der Waals surface area contributed by atoms with Gasteiger partial charge in [0.25, 0.3) is 0 Å². The summed E-state index contributed by atoms with van der Waals surface area (Å²) in [6, 6.07) is 12.2. The lowest BCUT2D eigenvalue weighted by molar-refractivity contribution is 0.594. The summed E-state index contributed by atoms with van der Waals surface area (Å²) >= 11 is 0. The third-order valence-corrected chi connectivity index (χ3v) is 4.32. The average molecular weight is 264 g/mol. The van der Waals surface area contributed by atoms with E-state index in [-0.39, 0.29) is 10.6 Å². The van der Waals surface area contributed by atoms with Crippen LogP contribution in [0.3, 0.4) is 0 Å². The first-order valence-electron chi connectivity index (χ1n) is 5.51. The summed E-state index contributed by atoms with van der Waals surface area (Å²) < 4.78 is 37.0. The second-order valence-corrected chi connectivity index (χ2v) is 6.19. The van der Waals surface area contributed by atoms with Gasteiger partial charge in [0.2, 0.25) is 0 Å². The van der Waals surface area contributed by atoms with Crippen molar-refractivity contribution < 1.29 is 12.8 Å². The van der Waals surface area contributed by atoms with Crippen molar-refractivity contribution >= 4 is 9.84 Å². The van der Waals surface area contributed by atoms with E-state index >= 15 is 0 Å². The molecule has 18 heavy (non-hydrogen) atoms. The SMILES string of the molecule is Cc1cccc(CS(=O)(=O)c2ccc(F)cc2)c1. The molecule has 0 aromatic heterocycles. The van der Waals surface area contributed by atoms with Gasteiger partial charge in [-0.1, -0.05) is 29.8 Å². The number of benzene rings is 2. The van der Waals surface area contributed by atoms with Gasteiger partial charge in [0.15, 0.2) is 9.84 Å². The van der Waals surface area contributed by atoms with Crippen LogP contribution >= 0.6 is 0 Å². The second-order valence-electron chi connectivity index (χ2n) is 4.20. The molecule has 4 heteroatoms. The largest absolute Gasteiger partial charge is 0.223 e. The Morgan fingerprint density at radius 1 is 1.06 bits per heavy atom. The minimum atomic E-state index is -3.41. The van der Waals surface area contributed by atoms with E-state index in [0.29, 0.717) is 0 Å². The number of sulfone groups is 1. The Morgan fingerprint density at radius 3 is 2.33 bits per heavy atom. The monoisotopic (exact) mass is 264 g/mol. The molecule has 2 aromatic carbocycles. The average Bonchev–Trinajstić information content (AvgIpc) is 2.29. The fourth-order valence-electron chi connectivity index (χ4n) is 1.75. The van der Waals surface area contributed by atoms with Gasteiger partial charge in [-0.2, -0.15) is 0 Å². The Bertz CT molecular complexity index is 646. The number of halogens is 1. The number of aryl methyl sites for hydroxylation is 1. The van der Waals surface area contributed by atoms with Crippen molar-refractivity contribution in [1.82, 2.24) is 0 Å². The maximum atomic E-state index is 12.8. The summed E-state index contributed by atoms with van der Waals surface area (Å²) in [5.41, 5.74) is 1.75. The van der Waals surface area contributed by atoms with Crippen LogP contribution < -0.4 is 0 Å². The molecule has 0 aliphatic carbocycles. The zero-order chi connectivity index (χ0) is 13.2. The van der Waals surface area contributed by atoms with Crippen LogP contribution in [0.1, 0.15) is 11.1 Å². The van der Waals surface area contributed by atoms with Gasteiger partial charge in [0.1, 0.15) is 5.82 Å². The number of rotatable bonds is 3. The predicted molar refractivity (Wildman–Crippen MR) is 68.5 cm³/mol. The van der Waals surface area contributed by atoms with E-state index in [2.05, 4.69) is 0 Å². The molecule has 94 valence electrons. The molecule has 0 spiro atoms. The molecular formula is C14H13FO2S. The highest BCUT2D eigenvalue weighted by molar-refractivity contribution is 7.90. The van der Waals surface area contributed by atoms with Crippen LogP contribution in [0.5, 0.6) is 0 Å². The maximum absolute atomic E-state index is 12.8. The Labute approximate surface area is 106 Å². The first kappa shape index (κ1) is 12.8. The summed E-state index contributed by atoms with van der Waals surface area (Å²) in [4.78, 5) is 0.144. The Morgan fingerprint density at radius 2 is 1.72 bits per heavy atom. The lowest BCUT2D eigenvalue weighted by Crippen LogP contribution is -2.05. The Balaban J connectivity index is 2.30.